The third kappa shape index (κ3) is 4.13. The largest absolute Gasteiger partial charge is 0.339 e. The summed E-state index contributed by atoms with van der Waals surface area (Å²) >= 11 is 0. The van der Waals surface area contributed by atoms with Gasteiger partial charge in [-0.2, -0.15) is 0 Å². The number of likely N-dealkylation sites (N-methyl/N-ethyl adjacent to an activating group) is 1. The summed E-state index contributed by atoms with van der Waals surface area (Å²) in [6.45, 7) is 2.82. The van der Waals surface area contributed by atoms with Gasteiger partial charge in [0.1, 0.15) is 13.1 Å². The lowest BCUT2D eigenvalue weighted by Crippen LogP contribution is -2.54. The van der Waals surface area contributed by atoms with E-state index >= 15 is 0 Å². The first-order valence-electron chi connectivity index (χ1n) is 10.0. The fourth-order valence-corrected chi connectivity index (χ4v) is 3.72. The molecule has 0 unspecified atom stereocenters. The Morgan fingerprint density at radius 3 is 2.23 bits per heavy atom. The van der Waals surface area contributed by atoms with E-state index in [9.17, 15) is 14.4 Å². The number of fused-ring (bicyclic) bond motifs is 1. The number of rotatable bonds is 3. The van der Waals surface area contributed by atoms with Crippen LogP contribution in [0.25, 0.3) is 0 Å². The molecule has 30 heavy (non-hydrogen) atoms. The molecule has 0 bridgehead atoms. The van der Waals surface area contributed by atoms with Crippen LogP contribution in [0.3, 0.4) is 0 Å². The SMILES string of the molecule is CN1CCN(C(=O)CN2C(=O)CN(C(=O)Nc3ccccc3)c3ccccc32)CC1. The molecule has 156 valence electrons. The molecule has 4 amide bonds. The van der Waals surface area contributed by atoms with Crippen LogP contribution < -0.4 is 15.1 Å². The Morgan fingerprint density at radius 2 is 1.53 bits per heavy atom. The van der Waals surface area contributed by atoms with Crippen LogP contribution in [0.15, 0.2) is 54.6 Å². The topological polar surface area (TPSA) is 76.2 Å². The van der Waals surface area contributed by atoms with Crippen molar-refractivity contribution in [1.82, 2.24) is 9.80 Å². The molecule has 8 heteroatoms. The molecule has 2 aromatic rings. The highest BCUT2D eigenvalue weighted by atomic mass is 16.2. The zero-order valence-corrected chi connectivity index (χ0v) is 17.0. The van der Waals surface area contributed by atoms with Crippen LogP contribution in [0.4, 0.5) is 21.9 Å². The van der Waals surface area contributed by atoms with Crippen LogP contribution >= 0.6 is 0 Å². The molecule has 1 saturated heterocycles. The van der Waals surface area contributed by atoms with E-state index in [0.29, 0.717) is 30.2 Å². The molecule has 0 aliphatic carbocycles. The van der Waals surface area contributed by atoms with E-state index in [2.05, 4.69) is 10.2 Å². The van der Waals surface area contributed by atoms with Crippen molar-refractivity contribution < 1.29 is 14.4 Å². The van der Waals surface area contributed by atoms with Gasteiger partial charge in [-0.25, -0.2) is 4.79 Å². The van der Waals surface area contributed by atoms with Crippen LogP contribution in [0.1, 0.15) is 0 Å². The fourth-order valence-electron chi connectivity index (χ4n) is 3.72. The maximum Gasteiger partial charge on any atom is 0.326 e. The summed E-state index contributed by atoms with van der Waals surface area (Å²) in [5.41, 5.74) is 1.83. The second-order valence-corrected chi connectivity index (χ2v) is 7.53. The van der Waals surface area contributed by atoms with Gasteiger partial charge in [0, 0.05) is 31.9 Å². The number of anilines is 3. The number of hydrogen-bond acceptors (Lipinski definition) is 4. The Labute approximate surface area is 175 Å². The summed E-state index contributed by atoms with van der Waals surface area (Å²) in [6.07, 6.45) is 0. The van der Waals surface area contributed by atoms with Crippen LogP contribution in [0.5, 0.6) is 0 Å². The normalized spacial score (nSPS) is 17.0. The van der Waals surface area contributed by atoms with Crippen molar-refractivity contribution in [3.63, 3.8) is 0 Å². The van der Waals surface area contributed by atoms with Crippen molar-refractivity contribution in [2.75, 3.05) is 61.4 Å². The minimum atomic E-state index is -0.382. The second-order valence-electron chi connectivity index (χ2n) is 7.53. The number of nitrogens with one attached hydrogen (secondary N) is 1. The number of hydrogen-bond donors (Lipinski definition) is 1. The molecule has 2 aromatic carbocycles. The number of carbonyl (C=O) groups is 3. The summed E-state index contributed by atoms with van der Waals surface area (Å²) in [6, 6.07) is 15.9. The minimum absolute atomic E-state index is 0.0201. The third-order valence-electron chi connectivity index (χ3n) is 5.48. The van der Waals surface area contributed by atoms with Gasteiger partial charge in [-0.1, -0.05) is 30.3 Å². The quantitative estimate of drug-likeness (QED) is 0.843. The number of piperazine rings is 1. The third-order valence-corrected chi connectivity index (χ3v) is 5.48. The number of carbonyl (C=O) groups excluding carboxylic acids is 3. The molecule has 0 aromatic heterocycles. The van der Waals surface area contributed by atoms with Gasteiger partial charge in [0.2, 0.25) is 11.8 Å². The number of urea groups is 1. The number of nitrogens with zero attached hydrogens (tertiary/aromatic N) is 4. The van der Waals surface area contributed by atoms with Gasteiger partial charge in [-0.05, 0) is 31.3 Å². The van der Waals surface area contributed by atoms with Gasteiger partial charge >= 0.3 is 6.03 Å². The Balaban J connectivity index is 1.52. The lowest BCUT2D eigenvalue weighted by Gasteiger charge is -2.38. The van der Waals surface area contributed by atoms with Gasteiger partial charge in [0.15, 0.2) is 0 Å². The van der Waals surface area contributed by atoms with E-state index in [0.717, 1.165) is 13.1 Å². The predicted molar refractivity (Wildman–Crippen MR) is 116 cm³/mol. The van der Waals surface area contributed by atoms with Crippen molar-refractivity contribution in [3.8, 4) is 0 Å². The van der Waals surface area contributed by atoms with Crippen molar-refractivity contribution in [1.29, 1.82) is 0 Å². The maximum absolute atomic E-state index is 12.9. The fraction of sp³-hybridized carbons (Fsp3) is 0.318. The summed E-state index contributed by atoms with van der Waals surface area (Å²) in [5, 5.41) is 2.82. The van der Waals surface area contributed by atoms with Gasteiger partial charge in [-0.3, -0.25) is 19.4 Å². The molecule has 0 saturated carbocycles. The van der Waals surface area contributed by atoms with Crippen LogP contribution in [0, 0.1) is 0 Å². The molecule has 0 spiro atoms. The molecule has 1 N–H and O–H groups in total. The molecule has 1 fully saturated rings. The van der Waals surface area contributed by atoms with Crippen molar-refractivity contribution in [2.45, 2.75) is 0 Å². The molecule has 0 radical (unpaired) electrons. The van der Waals surface area contributed by atoms with Gasteiger partial charge in [-0.15, -0.1) is 0 Å². The smallest absolute Gasteiger partial charge is 0.326 e. The van der Waals surface area contributed by atoms with E-state index < -0.39 is 0 Å². The van der Waals surface area contributed by atoms with E-state index in [-0.39, 0.29) is 30.9 Å². The Morgan fingerprint density at radius 1 is 0.900 bits per heavy atom. The molecular formula is C22H25N5O3. The van der Waals surface area contributed by atoms with Crippen molar-refractivity contribution >= 4 is 34.9 Å². The summed E-state index contributed by atoms with van der Waals surface area (Å²) in [4.78, 5) is 45.5. The first kappa shape index (κ1) is 19.9. The Bertz CT molecular complexity index is 941. The average molecular weight is 407 g/mol. The Kier molecular flexibility index (Phi) is 5.67. The summed E-state index contributed by atoms with van der Waals surface area (Å²) in [5.74, 6) is -0.354. The van der Waals surface area contributed by atoms with Crippen molar-refractivity contribution in [2.24, 2.45) is 0 Å². The predicted octanol–water partition coefficient (Wildman–Crippen LogP) is 1.85. The monoisotopic (exact) mass is 407 g/mol. The van der Waals surface area contributed by atoms with E-state index in [1.54, 1.807) is 35.2 Å². The molecule has 4 rings (SSSR count). The summed E-state index contributed by atoms with van der Waals surface area (Å²) < 4.78 is 0. The highest BCUT2D eigenvalue weighted by Gasteiger charge is 2.34. The number of amides is 4. The molecule has 8 nitrogen and oxygen atoms in total. The lowest BCUT2D eigenvalue weighted by molar-refractivity contribution is -0.132. The van der Waals surface area contributed by atoms with Crippen LogP contribution in [0.2, 0.25) is 0 Å². The molecule has 2 heterocycles. The standard InChI is InChI=1S/C22H25N5O3/c1-24-11-13-25(14-12-24)20(28)15-26-18-9-5-6-10-19(18)27(16-21(26)29)22(30)23-17-7-3-2-4-8-17/h2-10H,11-16H2,1H3,(H,23,30). The summed E-state index contributed by atoms with van der Waals surface area (Å²) in [7, 11) is 2.03. The molecular weight excluding hydrogens is 382 g/mol. The van der Waals surface area contributed by atoms with Gasteiger partial charge < -0.3 is 15.1 Å². The van der Waals surface area contributed by atoms with Gasteiger partial charge in [0.25, 0.3) is 0 Å². The van der Waals surface area contributed by atoms with Crippen LogP contribution in [-0.4, -0.2) is 74.0 Å². The number of benzene rings is 2. The van der Waals surface area contributed by atoms with E-state index in [4.69, 9.17) is 0 Å². The Hall–Kier alpha value is -3.39. The van der Waals surface area contributed by atoms with Crippen LogP contribution in [-0.2, 0) is 9.59 Å². The zero-order chi connectivity index (χ0) is 21.1. The molecule has 2 aliphatic rings. The van der Waals surface area contributed by atoms with Gasteiger partial charge in [0.05, 0.1) is 11.4 Å². The zero-order valence-electron chi connectivity index (χ0n) is 17.0. The first-order chi connectivity index (χ1) is 14.5. The number of para-hydroxylation sites is 3. The first-order valence-corrected chi connectivity index (χ1v) is 10.0. The minimum Gasteiger partial charge on any atom is -0.339 e. The van der Waals surface area contributed by atoms with Crippen molar-refractivity contribution in [3.05, 3.63) is 54.6 Å². The second kappa shape index (κ2) is 8.54. The average Bonchev–Trinajstić information content (AvgIpc) is 2.76. The highest BCUT2D eigenvalue weighted by molar-refractivity contribution is 6.15. The van der Waals surface area contributed by atoms with E-state index in [1.807, 2.05) is 31.3 Å². The molecule has 0 atom stereocenters. The van der Waals surface area contributed by atoms with E-state index in [1.165, 1.54) is 9.80 Å². The lowest BCUT2D eigenvalue weighted by atomic mass is 10.1. The highest BCUT2D eigenvalue weighted by Crippen LogP contribution is 2.33. The molecule has 2 aliphatic heterocycles. The maximum atomic E-state index is 12.9.